The number of amides is 1. The maximum Gasteiger partial charge on any atom is 0.255 e. The van der Waals surface area contributed by atoms with Gasteiger partial charge in [-0.2, -0.15) is 0 Å². The van der Waals surface area contributed by atoms with E-state index < -0.39 is 29.0 Å². The molecular weight excluding hydrogens is 281 g/mol. The monoisotopic (exact) mass is 294 g/mol. The average Bonchev–Trinajstić information content (AvgIpc) is 2.45. The van der Waals surface area contributed by atoms with Gasteiger partial charge in [0.25, 0.3) is 5.91 Å². The lowest BCUT2D eigenvalue weighted by Crippen LogP contribution is -2.14. The zero-order valence-corrected chi connectivity index (χ0v) is 11.2. The van der Waals surface area contributed by atoms with Gasteiger partial charge in [-0.15, -0.1) is 0 Å². The zero-order chi connectivity index (χ0) is 15.4. The summed E-state index contributed by atoms with van der Waals surface area (Å²) < 4.78 is 39.5. The Balaban J connectivity index is 2.18. The van der Waals surface area contributed by atoms with Crippen LogP contribution in [0, 0.1) is 17.5 Å². The molecule has 0 bridgehead atoms. The molecule has 0 aliphatic rings. The SMILES string of the molecule is CCNc1ccc(C(=O)Nc2cc(F)cc(F)c2F)cc1. The van der Waals surface area contributed by atoms with Crippen LogP contribution in [0.5, 0.6) is 0 Å². The van der Waals surface area contributed by atoms with Crippen LogP contribution in [0.25, 0.3) is 0 Å². The third-order valence-corrected chi connectivity index (χ3v) is 2.77. The summed E-state index contributed by atoms with van der Waals surface area (Å²) in [5.74, 6) is -4.27. The van der Waals surface area contributed by atoms with Crippen LogP contribution in [-0.2, 0) is 0 Å². The first kappa shape index (κ1) is 14.9. The van der Waals surface area contributed by atoms with Crippen molar-refractivity contribution < 1.29 is 18.0 Å². The van der Waals surface area contributed by atoms with Crippen LogP contribution < -0.4 is 10.6 Å². The van der Waals surface area contributed by atoms with Crippen LogP contribution >= 0.6 is 0 Å². The van der Waals surface area contributed by atoms with E-state index >= 15 is 0 Å². The number of anilines is 2. The number of nitrogens with one attached hydrogen (secondary N) is 2. The molecule has 1 amide bonds. The molecule has 2 aromatic rings. The second kappa shape index (κ2) is 6.30. The van der Waals surface area contributed by atoms with Crippen LogP contribution in [0.1, 0.15) is 17.3 Å². The van der Waals surface area contributed by atoms with Crippen molar-refractivity contribution in [2.24, 2.45) is 0 Å². The summed E-state index contributed by atoms with van der Waals surface area (Å²) in [5.41, 5.74) is 0.547. The van der Waals surface area contributed by atoms with Crippen LogP contribution in [0.15, 0.2) is 36.4 Å². The minimum atomic E-state index is -1.35. The Morgan fingerprint density at radius 2 is 1.76 bits per heavy atom. The summed E-state index contributed by atoms with van der Waals surface area (Å²) in [7, 11) is 0. The lowest BCUT2D eigenvalue weighted by Gasteiger charge is -2.08. The molecule has 0 heterocycles. The van der Waals surface area contributed by atoms with Gasteiger partial charge >= 0.3 is 0 Å². The van der Waals surface area contributed by atoms with Crippen molar-refractivity contribution in [2.75, 3.05) is 17.2 Å². The molecule has 2 N–H and O–H groups in total. The third-order valence-electron chi connectivity index (χ3n) is 2.77. The molecule has 0 aliphatic carbocycles. The van der Waals surface area contributed by atoms with E-state index in [-0.39, 0.29) is 5.56 Å². The number of carbonyl (C=O) groups excluding carboxylic acids is 1. The van der Waals surface area contributed by atoms with Crippen molar-refractivity contribution in [1.82, 2.24) is 0 Å². The summed E-state index contributed by atoms with van der Waals surface area (Å²) in [5, 5.41) is 5.20. The van der Waals surface area contributed by atoms with Crippen molar-refractivity contribution in [3.05, 3.63) is 59.4 Å². The van der Waals surface area contributed by atoms with Gasteiger partial charge in [-0.3, -0.25) is 4.79 Å². The van der Waals surface area contributed by atoms with Crippen LogP contribution in [0.2, 0.25) is 0 Å². The van der Waals surface area contributed by atoms with Gasteiger partial charge in [0.05, 0.1) is 5.69 Å². The maximum absolute atomic E-state index is 13.5. The number of halogens is 3. The molecule has 2 rings (SSSR count). The second-order valence-corrected chi connectivity index (χ2v) is 4.31. The summed E-state index contributed by atoms with van der Waals surface area (Å²) in [6, 6.07) is 7.56. The quantitative estimate of drug-likeness (QED) is 0.842. The highest BCUT2D eigenvalue weighted by Gasteiger charge is 2.14. The summed E-state index contributed by atoms with van der Waals surface area (Å²) >= 11 is 0. The Kier molecular flexibility index (Phi) is 4.47. The molecule has 0 aliphatic heterocycles. The maximum atomic E-state index is 13.5. The van der Waals surface area contributed by atoms with Crippen molar-refractivity contribution in [3.63, 3.8) is 0 Å². The van der Waals surface area contributed by atoms with Gasteiger partial charge in [-0.1, -0.05) is 0 Å². The van der Waals surface area contributed by atoms with E-state index in [0.29, 0.717) is 6.07 Å². The minimum absolute atomic E-state index is 0.251. The van der Waals surface area contributed by atoms with Gasteiger partial charge in [0.2, 0.25) is 0 Å². The van der Waals surface area contributed by atoms with Crippen LogP contribution in [-0.4, -0.2) is 12.5 Å². The fourth-order valence-corrected chi connectivity index (χ4v) is 1.79. The van der Waals surface area contributed by atoms with Gasteiger partial charge in [-0.25, -0.2) is 13.2 Å². The summed E-state index contributed by atoms with van der Waals surface area (Å²) in [6.07, 6.45) is 0. The largest absolute Gasteiger partial charge is 0.385 e. The predicted octanol–water partition coefficient (Wildman–Crippen LogP) is 3.79. The molecule has 2 aromatic carbocycles. The average molecular weight is 294 g/mol. The van der Waals surface area contributed by atoms with E-state index in [0.717, 1.165) is 18.3 Å². The summed E-state index contributed by atoms with van der Waals surface area (Å²) in [6.45, 7) is 2.67. The number of rotatable bonds is 4. The van der Waals surface area contributed by atoms with E-state index in [1.54, 1.807) is 12.1 Å². The Morgan fingerprint density at radius 1 is 1.10 bits per heavy atom. The minimum Gasteiger partial charge on any atom is -0.385 e. The molecule has 0 saturated carbocycles. The molecule has 3 nitrogen and oxygen atoms in total. The van der Waals surface area contributed by atoms with Gasteiger partial charge in [0, 0.05) is 29.9 Å². The lowest BCUT2D eigenvalue weighted by atomic mass is 10.2. The van der Waals surface area contributed by atoms with E-state index in [1.807, 2.05) is 6.92 Å². The normalized spacial score (nSPS) is 10.3. The molecular formula is C15H13F3N2O. The standard InChI is InChI=1S/C15H13F3N2O/c1-2-19-11-5-3-9(4-6-11)15(21)20-13-8-10(16)7-12(17)14(13)18/h3-8,19H,2H2,1H3,(H,20,21). The Labute approximate surface area is 119 Å². The lowest BCUT2D eigenvalue weighted by molar-refractivity contribution is 0.102. The zero-order valence-electron chi connectivity index (χ0n) is 11.2. The second-order valence-electron chi connectivity index (χ2n) is 4.31. The molecule has 0 aromatic heterocycles. The first-order chi connectivity index (χ1) is 10.0. The molecule has 6 heteroatoms. The third kappa shape index (κ3) is 3.53. The Hall–Kier alpha value is -2.50. The summed E-state index contributed by atoms with van der Waals surface area (Å²) in [4.78, 5) is 11.9. The molecule has 0 saturated heterocycles. The van der Waals surface area contributed by atoms with Crippen molar-refractivity contribution in [1.29, 1.82) is 0 Å². The number of carbonyl (C=O) groups is 1. The first-order valence-electron chi connectivity index (χ1n) is 6.31. The fourth-order valence-electron chi connectivity index (χ4n) is 1.79. The van der Waals surface area contributed by atoms with Crippen LogP contribution in [0.4, 0.5) is 24.5 Å². The molecule has 21 heavy (non-hydrogen) atoms. The number of benzene rings is 2. The van der Waals surface area contributed by atoms with Gasteiger partial charge < -0.3 is 10.6 Å². The smallest absolute Gasteiger partial charge is 0.255 e. The van der Waals surface area contributed by atoms with Gasteiger partial charge in [0.15, 0.2) is 11.6 Å². The Bertz CT molecular complexity index is 657. The molecule has 110 valence electrons. The highest BCUT2D eigenvalue weighted by Crippen LogP contribution is 2.20. The van der Waals surface area contributed by atoms with Gasteiger partial charge in [-0.05, 0) is 31.2 Å². The molecule has 0 unspecified atom stereocenters. The molecule has 0 fully saturated rings. The van der Waals surface area contributed by atoms with E-state index in [1.165, 1.54) is 12.1 Å². The number of hydrogen-bond acceptors (Lipinski definition) is 2. The highest BCUT2D eigenvalue weighted by molar-refractivity contribution is 6.04. The van der Waals surface area contributed by atoms with E-state index in [4.69, 9.17) is 0 Å². The highest BCUT2D eigenvalue weighted by atomic mass is 19.2. The molecule has 0 radical (unpaired) electrons. The van der Waals surface area contributed by atoms with Crippen molar-refractivity contribution in [3.8, 4) is 0 Å². The van der Waals surface area contributed by atoms with Crippen molar-refractivity contribution >= 4 is 17.3 Å². The fraction of sp³-hybridized carbons (Fsp3) is 0.133. The topological polar surface area (TPSA) is 41.1 Å². The number of hydrogen-bond donors (Lipinski definition) is 2. The molecule has 0 spiro atoms. The van der Waals surface area contributed by atoms with E-state index in [9.17, 15) is 18.0 Å². The Morgan fingerprint density at radius 3 is 2.38 bits per heavy atom. The molecule has 0 atom stereocenters. The van der Waals surface area contributed by atoms with E-state index in [2.05, 4.69) is 10.6 Å². The van der Waals surface area contributed by atoms with Crippen LogP contribution in [0.3, 0.4) is 0 Å². The van der Waals surface area contributed by atoms with Gasteiger partial charge in [0.1, 0.15) is 5.82 Å². The first-order valence-corrected chi connectivity index (χ1v) is 6.31. The predicted molar refractivity (Wildman–Crippen MR) is 74.9 cm³/mol. The van der Waals surface area contributed by atoms with Crippen molar-refractivity contribution in [2.45, 2.75) is 6.92 Å².